The Morgan fingerprint density at radius 3 is 2.40 bits per heavy atom. The Labute approximate surface area is 131 Å². The normalized spacial score (nSPS) is 12.3. The highest BCUT2D eigenvalue weighted by Crippen LogP contribution is 2.38. The first-order valence-corrected chi connectivity index (χ1v) is 6.90. The summed E-state index contributed by atoms with van der Waals surface area (Å²) in [4.78, 5) is 0. The van der Waals surface area contributed by atoms with Gasteiger partial charge in [-0.15, -0.1) is 0 Å². The van der Waals surface area contributed by atoms with E-state index in [9.17, 15) is 4.39 Å². The molecule has 2 nitrogen and oxygen atoms in total. The van der Waals surface area contributed by atoms with Crippen molar-refractivity contribution >= 4 is 34.8 Å². The topological polar surface area (TPSA) is 35.2 Å². The van der Waals surface area contributed by atoms with Crippen LogP contribution in [0.3, 0.4) is 0 Å². The van der Waals surface area contributed by atoms with Gasteiger partial charge in [0.1, 0.15) is 5.75 Å². The van der Waals surface area contributed by atoms with Gasteiger partial charge in [-0.1, -0.05) is 46.9 Å². The van der Waals surface area contributed by atoms with Gasteiger partial charge in [0.25, 0.3) is 0 Å². The second kappa shape index (κ2) is 6.19. The van der Waals surface area contributed by atoms with E-state index in [0.29, 0.717) is 10.6 Å². The number of hydrogen-bond donors (Lipinski definition) is 1. The molecule has 0 saturated heterocycles. The van der Waals surface area contributed by atoms with Gasteiger partial charge in [0.05, 0.1) is 15.1 Å². The van der Waals surface area contributed by atoms with Crippen molar-refractivity contribution in [2.75, 3.05) is 0 Å². The number of para-hydroxylation sites is 1. The summed E-state index contributed by atoms with van der Waals surface area (Å²) in [6.07, 6.45) is 0. The zero-order valence-corrected chi connectivity index (χ0v) is 12.7. The van der Waals surface area contributed by atoms with Crippen LogP contribution in [0.1, 0.15) is 18.5 Å². The van der Waals surface area contributed by atoms with Gasteiger partial charge in [-0.3, -0.25) is 0 Å². The Kier molecular flexibility index (Phi) is 4.76. The van der Waals surface area contributed by atoms with Crippen LogP contribution in [0.25, 0.3) is 0 Å². The zero-order valence-electron chi connectivity index (χ0n) is 10.5. The molecule has 0 saturated carbocycles. The summed E-state index contributed by atoms with van der Waals surface area (Å²) in [5.74, 6) is -0.280. The highest BCUT2D eigenvalue weighted by Gasteiger charge is 2.16. The van der Waals surface area contributed by atoms with E-state index in [4.69, 9.17) is 45.3 Å². The molecule has 0 heterocycles. The summed E-state index contributed by atoms with van der Waals surface area (Å²) in [5.41, 5.74) is 6.34. The van der Waals surface area contributed by atoms with E-state index in [1.165, 1.54) is 18.2 Å². The van der Waals surface area contributed by atoms with Crippen LogP contribution in [-0.2, 0) is 0 Å². The van der Waals surface area contributed by atoms with Crippen LogP contribution in [0.2, 0.25) is 15.1 Å². The molecule has 106 valence electrons. The predicted molar refractivity (Wildman–Crippen MR) is 80.5 cm³/mol. The standard InChI is InChI=1S/C14H11Cl3FNO/c1-7(19)8-3-2-4-12(18)14(8)20-13-6-10(16)9(15)5-11(13)17/h2-7H,19H2,1H3. The lowest BCUT2D eigenvalue weighted by Gasteiger charge is -2.15. The molecule has 20 heavy (non-hydrogen) atoms. The molecule has 0 aliphatic rings. The van der Waals surface area contributed by atoms with Gasteiger partial charge in [0.15, 0.2) is 11.6 Å². The lowest BCUT2D eigenvalue weighted by Crippen LogP contribution is -2.07. The molecule has 0 bridgehead atoms. The van der Waals surface area contributed by atoms with E-state index in [0.717, 1.165) is 0 Å². The molecule has 0 aliphatic carbocycles. The van der Waals surface area contributed by atoms with Gasteiger partial charge in [-0.05, 0) is 19.1 Å². The van der Waals surface area contributed by atoms with Crippen molar-refractivity contribution in [2.45, 2.75) is 13.0 Å². The summed E-state index contributed by atoms with van der Waals surface area (Å²) in [6.45, 7) is 1.73. The molecule has 2 rings (SSSR count). The van der Waals surface area contributed by atoms with Crippen molar-refractivity contribution in [3.63, 3.8) is 0 Å². The van der Waals surface area contributed by atoms with E-state index in [1.807, 2.05) is 0 Å². The molecular weight excluding hydrogens is 324 g/mol. The predicted octanol–water partition coefficient (Wildman–Crippen LogP) is 5.60. The first kappa shape index (κ1) is 15.4. The lowest BCUT2D eigenvalue weighted by molar-refractivity contribution is 0.433. The van der Waals surface area contributed by atoms with Crippen LogP contribution >= 0.6 is 34.8 Å². The van der Waals surface area contributed by atoms with Crippen molar-refractivity contribution in [2.24, 2.45) is 5.73 Å². The molecule has 0 fully saturated rings. The maximum atomic E-state index is 13.9. The Morgan fingerprint density at radius 2 is 1.75 bits per heavy atom. The fourth-order valence-corrected chi connectivity index (χ4v) is 2.26. The van der Waals surface area contributed by atoms with Crippen molar-refractivity contribution in [1.29, 1.82) is 0 Å². The first-order valence-electron chi connectivity index (χ1n) is 5.76. The minimum Gasteiger partial charge on any atom is -0.452 e. The second-order valence-corrected chi connectivity index (χ2v) is 5.47. The van der Waals surface area contributed by atoms with Gasteiger partial charge < -0.3 is 10.5 Å². The number of halogens is 4. The third-order valence-electron chi connectivity index (χ3n) is 2.67. The molecule has 1 atom stereocenters. The molecule has 0 aliphatic heterocycles. The zero-order chi connectivity index (χ0) is 14.9. The molecule has 2 aromatic rings. The summed E-state index contributed by atoms with van der Waals surface area (Å²) in [5, 5.41) is 0.799. The lowest BCUT2D eigenvalue weighted by atomic mass is 10.1. The number of ether oxygens (including phenoxy) is 1. The average Bonchev–Trinajstić information content (AvgIpc) is 2.37. The minimum atomic E-state index is -0.526. The number of benzene rings is 2. The fourth-order valence-electron chi connectivity index (χ4n) is 1.68. The van der Waals surface area contributed by atoms with Crippen molar-refractivity contribution in [1.82, 2.24) is 0 Å². The van der Waals surface area contributed by atoms with Crippen LogP contribution in [0.4, 0.5) is 4.39 Å². The highest BCUT2D eigenvalue weighted by molar-refractivity contribution is 6.43. The Hall–Kier alpha value is -1.000. The quantitative estimate of drug-likeness (QED) is 0.742. The van der Waals surface area contributed by atoms with Gasteiger partial charge >= 0.3 is 0 Å². The van der Waals surface area contributed by atoms with Crippen LogP contribution in [0, 0.1) is 5.82 Å². The van der Waals surface area contributed by atoms with E-state index >= 15 is 0 Å². The van der Waals surface area contributed by atoms with E-state index in [2.05, 4.69) is 0 Å². The Morgan fingerprint density at radius 1 is 1.10 bits per heavy atom. The molecule has 2 N–H and O–H groups in total. The third-order valence-corrected chi connectivity index (χ3v) is 3.69. The molecule has 6 heteroatoms. The van der Waals surface area contributed by atoms with Crippen LogP contribution in [0.5, 0.6) is 11.5 Å². The molecule has 0 amide bonds. The van der Waals surface area contributed by atoms with E-state index < -0.39 is 5.82 Å². The molecule has 2 aromatic carbocycles. The maximum absolute atomic E-state index is 13.9. The largest absolute Gasteiger partial charge is 0.452 e. The van der Waals surface area contributed by atoms with Crippen molar-refractivity contribution in [3.05, 3.63) is 56.8 Å². The van der Waals surface area contributed by atoms with E-state index in [1.54, 1.807) is 19.1 Å². The highest BCUT2D eigenvalue weighted by atomic mass is 35.5. The SMILES string of the molecule is CC(N)c1cccc(F)c1Oc1cc(Cl)c(Cl)cc1Cl. The van der Waals surface area contributed by atoms with E-state index in [-0.39, 0.29) is 27.6 Å². The van der Waals surface area contributed by atoms with Gasteiger partial charge in [0, 0.05) is 17.7 Å². The summed E-state index contributed by atoms with van der Waals surface area (Å²) in [7, 11) is 0. The fraction of sp³-hybridized carbons (Fsp3) is 0.143. The Balaban J connectivity index is 2.47. The van der Waals surface area contributed by atoms with Crippen LogP contribution in [-0.4, -0.2) is 0 Å². The molecule has 0 aromatic heterocycles. The minimum absolute atomic E-state index is 0.0304. The first-order chi connectivity index (χ1) is 9.40. The van der Waals surface area contributed by atoms with Gasteiger partial charge in [-0.25, -0.2) is 4.39 Å². The molecule has 1 unspecified atom stereocenters. The second-order valence-electron chi connectivity index (χ2n) is 4.25. The van der Waals surface area contributed by atoms with Crippen molar-refractivity contribution < 1.29 is 9.13 Å². The number of nitrogens with two attached hydrogens (primary N) is 1. The summed E-state index contributed by atoms with van der Waals surface area (Å²) in [6, 6.07) is 7.03. The number of hydrogen-bond acceptors (Lipinski definition) is 2. The van der Waals surface area contributed by atoms with Crippen LogP contribution < -0.4 is 10.5 Å². The van der Waals surface area contributed by atoms with Gasteiger partial charge in [-0.2, -0.15) is 0 Å². The molecule has 0 radical (unpaired) electrons. The summed E-state index contributed by atoms with van der Waals surface area (Å²) < 4.78 is 19.5. The smallest absolute Gasteiger partial charge is 0.167 e. The summed E-state index contributed by atoms with van der Waals surface area (Å²) >= 11 is 17.8. The average molecular weight is 335 g/mol. The monoisotopic (exact) mass is 333 g/mol. The number of rotatable bonds is 3. The van der Waals surface area contributed by atoms with Gasteiger partial charge in [0.2, 0.25) is 0 Å². The third kappa shape index (κ3) is 3.18. The molecular formula is C14H11Cl3FNO. The Bertz CT molecular complexity index is 647. The molecule has 0 spiro atoms. The maximum Gasteiger partial charge on any atom is 0.167 e. The van der Waals surface area contributed by atoms with Crippen LogP contribution in [0.15, 0.2) is 30.3 Å². The van der Waals surface area contributed by atoms with Crippen molar-refractivity contribution in [3.8, 4) is 11.5 Å².